The second kappa shape index (κ2) is 7.09. The summed E-state index contributed by atoms with van der Waals surface area (Å²) in [5.74, 6) is 0.973. The lowest BCUT2D eigenvalue weighted by molar-refractivity contribution is -0.138. The highest BCUT2D eigenvalue weighted by Gasteiger charge is 2.29. The SMILES string of the molecule is FC(F)(F)CCN1CCC(NCC2Cc3ccccc3O2)CC1. The molecule has 0 aliphatic carbocycles. The number of nitrogens with one attached hydrogen (secondary N) is 1. The predicted molar refractivity (Wildman–Crippen MR) is 82.7 cm³/mol. The fourth-order valence-corrected chi connectivity index (χ4v) is 3.31. The van der Waals surface area contributed by atoms with E-state index in [2.05, 4.69) is 11.4 Å². The van der Waals surface area contributed by atoms with Gasteiger partial charge in [0.15, 0.2) is 0 Å². The Labute approximate surface area is 134 Å². The second-order valence-corrected chi connectivity index (χ2v) is 6.44. The minimum absolute atomic E-state index is 0.122. The highest BCUT2D eigenvalue weighted by atomic mass is 19.4. The molecule has 1 aromatic carbocycles. The van der Waals surface area contributed by atoms with E-state index >= 15 is 0 Å². The molecule has 0 spiro atoms. The lowest BCUT2D eigenvalue weighted by atomic mass is 10.0. The van der Waals surface area contributed by atoms with Crippen LogP contribution in [0.2, 0.25) is 0 Å². The Morgan fingerprint density at radius 2 is 1.91 bits per heavy atom. The van der Waals surface area contributed by atoms with Crippen LogP contribution in [0.15, 0.2) is 24.3 Å². The molecular formula is C17H23F3N2O. The Morgan fingerprint density at radius 3 is 2.61 bits per heavy atom. The molecule has 1 saturated heterocycles. The Hall–Kier alpha value is -1.27. The van der Waals surface area contributed by atoms with Crippen LogP contribution in [0.5, 0.6) is 5.75 Å². The van der Waals surface area contributed by atoms with Gasteiger partial charge in [-0.3, -0.25) is 0 Å². The van der Waals surface area contributed by atoms with E-state index in [0.717, 1.165) is 44.6 Å². The number of fused-ring (bicyclic) bond motifs is 1. The largest absolute Gasteiger partial charge is 0.488 e. The van der Waals surface area contributed by atoms with Crippen molar-refractivity contribution < 1.29 is 17.9 Å². The van der Waals surface area contributed by atoms with E-state index < -0.39 is 12.6 Å². The van der Waals surface area contributed by atoms with Gasteiger partial charge in [0.2, 0.25) is 0 Å². The van der Waals surface area contributed by atoms with E-state index in [1.54, 1.807) is 0 Å². The molecule has 1 N–H and O–H groups in total. The van der Waals surface area contributed by atoms with Crippen LogP contribution in [-0.4, -0.2) is 49.4 Å². The van der Waals surface area contributed by atoms with Crippen LogP contribution in [0.1, 0.15) is 24.8 Å². The minimum atomic E-state index is -4.05. The van der Waals surface area contributed by atoms with Crippen molar-refractivity contribution in [2.24, 2.45) is 0 Å². The van der Waals surface area contributed by atoms with Gasteiger partial charge in [0.25, 0.3) is 0 Å². The molecule has 2 aliphatic heterocycles. The first-order chi connectivity index (χ1) is 11.0. The van der Waals surface area contributed by atoms with Crippen molar-refractivity contribution in [2.45, 2.75) is 44.0 Å². The molecule has 2 heterocycles. The number of hydrogen-bond acceptors (Lipinski definition) is 3. The van der Waals surface area contributed by atoms with Gasteiger partial charge in [0, 0.05) is 25.6 Å². The summed E-state index contributed by atoms with van der Waals surface area (Å²) >= 11 is 0. The van der Waals surface area contributed by atoms with Crippen LogP contribution >= 0.6 is 0 Å². The Bertz CT molecular complexity index is 488. The van der Waals surface area contributed by atoms with Gasteiger partial charge in [-0.15, -0.1) is 0 Å². The standard InChI is InChI=1S/C17H23F3N2O/c18-17(19,20)7-10-22-8-5-14(6-9-22)21-12-15-11-13-3-1-2-4-16(13)23-15/h1-4,14-15,21H,5-12H2. The molecule has 0 radical (unpaired) electrons. The molecule has 0 amide bonds. The van der Waals surface area contributed by atoms with Gasteiger partial charge in [0.05, 0.1) is 6.42 Å². The maximum absolute atomic E-state index is 12.2. The van der Waals surface area contributed by atoms with E-state index in [-0.39, 0.29) is 12.6 Å². The molecule has 1 unspecified atom stereocenters. The predicted octanol–water partition coefficient (Wildman–Crippen LogP) is 3.00. The van der Waals surface area contributed by atoms with Gasteiger partial charge in [-0.1, -0.05) is 18.2 Å². The number of halogens is 3. The fourth-order valence-electron chi connectivity index (χ4n) is 3.31. The molecule has 0 saturated carbocycles. The molecule has 0 aromatic heterocycles. The molecule has 23 heavy (non-hydrogen) atoms. The molecule has 1 aromatic rings. The van der Waals surface area contributed by atoms with E-state index in [1.807, 2.05) is 23.1 Å². The molecule has 3 nitrogen and oxygen atoms in total. The monoisotopic (exact) mass is 328 g/mol. The minimum Gasteiger partial charge on any atom is -0.488 e. The normalized spacial score (nSPS) is 22.8. The van der Waals surface area contributed by atoms with Crippen LogP contribution in [0.25, 0.3) is 0 Å². The van der Waals surface area contributed by atoms with E-state index in [1.165, 1.54) is 5.56 Å². The molecule has 1 fully saturated rings. The number of ether oxygens (including phenoxy) is 1. The number of hydrogen-bond donors (Lipinski definition) is 1. The third-order valence-electron chi connectivity index (χ3n) is 4.65. The van der Waals surface area contributed by atoms with Crippen LogP contribution in [-0.2, 0) is 6.42 Å². The Balaban J connectivity index is 1.34. The lowest BCUT2D eigenvalue weighted by Crippen LogP contribution is -2.45. The highest BCUT2D eigenvalue weighted by molar-refractivity contribution is 5.37. The van der Waals surface area contributed by atoms with Crippen LogP contribution < -0.4 is 10.1 Å². The van der Waals surface area contributed by atoms with Crippen molar-refractivity contribution >= 4 is 0 Å². The van der Waals surface area contributed by atoms with Crippen molar-refractivity contribution in [1.82, 2.24) is 10.2 Å². The third-order valence-corrected chi connectivity index (χ3v) is 4.65. The van der Waals surface area contributed by atoms with Crippen molar-refractivity contribution in [3.05, 3.63) is 29.8 Å². The summed E-state index contributed by atoms with van der Waals surface area (Å²) in [7, 11) is 0. The summed E-state index contributed by atoms with van der Waals surface area (Å²) in [6.45, 7) is 2.39. The first-order valence-corrected chi connectivity index (χ1v) is 8.27. The first kappa shape index (κ1) is 16.6. The quantitative estimate of drug-likeness (QED) is 0.899. The van der Waals surface area contributed by atoms with E-state index in [0.29, 0.717) is 6.04 Å². The zero-order chi connectivity index (χ0) is 16.3. The summed E-state index contributed by atoms with van der Waals surface area (Å²) in [6.07, 6.45) is -1.87. The molecule has 128 valence electrons. The Morgan fingerprint density at radius 1 is 1.17 bits per heavy atom. The zero-order valence-corrected chi connectivity index (χ0v) is 13.1. The smallest absolute Gasteiger partial charge is 0.390 e. The summed E-state index contributed by atoms with van der Waals surface area (Å²) in [5.41, 5.74) is 1.25. The number of piperidine rings is 1. The maximum Gasteiger partial charge on any atom is 0.390 e. The van der Waals surface area contributed by atoms with Gasteiger partial charge in [0.1, 0.15) is 11.9 Å². The molecule has 0 bridgehead atoms. The summed E-state index contributed by atoms with van der Waals surface area (Å²) < 4.78 is 42.6. The van der Waals surface area contributed by atoms with Crippen molar-refractivity contribution in [3.63, 3.8) is 0 Å². The number of rotatable bonds is 5. The molecule has 2 aliphatic rings. The first-order valence-electron chi connectivity index (χ1n) is 8.27. The number of para-hydroxylation sites is 1. The molecular weight excluding hydrogens is 305 g/mol. The Kier molecular flexibility index (Phi) is 5.11. The van der Waals surface area contributed by atoms with Crippen LogP contribution in [0.4, 0.5) is 13.2 Å². The molecule has 1 atom stereocenters. The fraction of sp³-hybridized carbons (Fsp3) is 0.647. The second-order valence-electron chi connectivity index (χ2n) is 6.44. The lowest BCUT2D eigenvalue weighted by Gasteiger charge is -2.33. The summed E-state index contributed by atoms with van der Waals surface area (Å²) in [4.78, 5) is 1.91. The number of nitrogens with zero attached hydrogens (tertiary/aromatic N) is 1. The van der Waals surface area contributed by atoms with Crippen LogP contribution in [0.3, 0.4) is 0 Å². The number of likely N-dealkylation sites (tertiary alicyclic amines) is 1. The molecule has 3 rings (SSSR count). The average molecular weight is 328 g/mol. The van der Waals surface area contributed by atoms with Gasteiger partial charge in [-0.25, -0.2) is 0 Å². The molecule has 6 heteroatoms. The maximum atomic E-state index is 12.2. The zero-order valence-electron chi connectivity index (χ0n) is 13.1. The number of alkyl halides is 3. The average Bonchev–Trinajstić information content (AvgIpc) is 2.94. The van der Waals surface area contributed by atoms with Gasteiger partial charge >= 0.3 is 6.18 Å². The number of benzene rings is 1. The van der Waals surface area contributed by atoms with Crippen molar-refractivity contribution in [2.75, 3.05) is 26.2 Å². The van der Waals surface area contributed by atoms with Crippen molar-refractivity contribution in [3.8, 4) is 5.75 Å². The highest BCUT2D eigenvalue weighted by Crippen LogP contribution is 2.28. The van der Waals surface area contributed by atoms with Gasteiger partial charge < -0.3 is 15.0 Å². The van der Waals surface area contributed by atoms with E-state index in [4.69, 9.17) is 4.74 Å². The summed E-state index contributed by atoms with van der Waals surface area (Å²) in [5, 5.41) is 3.52. The third kappa shape index (κ3) is 4.85. The van der Waals surface area contributed by atoms with Crippen LogP contribution in [0, 0.1) is 0 Å². The van der Waals surface area contributed by atoms with Gasteiger partial charge in [-0.2, -0.15) is 13.2 Å². The van der Waals surface area contributed by atoms with Gasteiger partial charge in [-0.05, 0) is 37.6 Å². The summed E-state index contributed by atoms with van der Waals surface area (Å²) in [6, 6.07) is 8.47. The van der Waals surface area contributed by atoms with E-state index in [9.17, 15) is 13.2 Å². The van der Waals surface area contributed by atoms with Crippen molar-refractivity contribution in [1.29, 1.82) is 0 Å². The topological polar surface area (TPSA) is 24.5 Å².